The number of halogens is 1. The molecule has 1 amide bonds. The van der Waals surface area contributed by atoms with Crippen molar-refractivity contribution in [2.45, 2.75) is 31.3 Å². The quantitative estimate of drug-likeness (QED) is 0.581. The second-order valence-corrected chi connectivity index (χ2v) is 7.62. The van der Waals surface area contributed by atoms with Crippen LogP contribution in [0.5, 0.6) is 0 Å². The zero-order chi connectivity index (χ0) is 21.0. The number of carbonyl (C=O) groups is 1. The predicted molar refractivity (Wildman–Crippen MR) is 117 cm³/mol. The lowest BCUT2D eigenvalue weighted by Gasteiger charge is -2.36. The molecular formula is C26H25FN2O. The molecule has 1 aliphatic rings. The topological polar surface area (TPSA) is 32.3 Å². The van der Waals surface area contributed by atoms with Crippen LogP contribution in [0.4, 0.5) is 4.39 Å². The SMILES string of the molecule is C=C[C@@](F)(c1ccccc1)[C@H](C(=O)NCc1ccccc1)N1Cc2ccccc2C1. The van der Waals surface area contributed by atoms with Crippen molar-refractivity contribution in [1.82, 2.24) is 10.2 Å². The fourth-order valence-corrected chi connectivity index (χ4v) is 4.13. The lowest BCUT2D eigenvalue weighted by molar-refractivity contribution is -0.132. The number of fused-ring (bicyclic) bond motifs is 1. The van der Waals surface area contributed by atoms with Crippen molar-refractivity contribution in [3.8, 4) is 0 Å². The summed E-state index contributed by atoms with van der Waals surface area (Å²) in [5, 5.41) is 2.94. The molecule has 1 aliphatic heterocycles. The van der Waals surface area contributed by atoms with E-state index in [1.54, 1.807) is 24.3 Å². The van der Waals surface area contributed by atoms with Crippen molar-refractivity contribution < 1.29 is 9.18 Å². The second-order valence-electron chi connectivity index (χ2n) is 7.62. The van der Waals surface area contributed by atoms with E-state index in [-0.39, 0.29) is 5.91 Å². The predicted octanol–water partition coefficient (Wildman–Crippen LogP) is 4.74. The van der Waals surface area contributed by atoms with Crippen molar-refractivity contribution >= 4 is 5.91 Å². The highest BCUT2D eigenvalue weighted by atomic mass is 19.1. The van der Waals surface area contributed by atoms with Gasteiger partial charge in [-0.3, -0.25) is 9.69 Å². The normalized spacial score (nSPS) is 16.3. The molecule has 4 heteroatoms. The third-order valence-electron chi connectivity index (χ3n) is 5.70. The molecule has 0 aromatic heterocycles. The van der Waals surface area contributed by atoms with Crippen LogP contribution in [0.3, 0.4) is 0 Å². The number of hydrogen-bond acceptors (Lipinski definition) is 2. The molecule has 1 heterocycles. The Balaban J connectivity index is 1.66. The van der Waals surface area contributed by atoms with Crippen LogP contribution in [0.15, 0.2) is 97.6 Å². The molecular weight excluding hydrogens is 375 g/mol. The van der Waals surface area contributed by atoms with Crippen LogP contribution >= 0.6 is 0 Å². The molecule has 3 aromatic rings. The third-order valence-corrected chi connectivity index (χ3v) is 5.70. The Morgan fingerprint density at radius 2 is 1.50 bits per heavy atom. The Bertz CT molecular complexity index is 996. The van der Waals surface area contributed by atoms with Gasteiger partial charge in [-0.1, -0.05) is 91.5 Å². The number of benzene rings is 3. The van der Waals surface area contributed by atoms with Crippen molar-refractivity contribution in [2.24, 2.45) is 0 Å². The van der Waals surface area contributed by atoms with Gasteiger partial charge in [0.25, 0.3) is 0 Å². The molecule has 152 valence electrons. The summed E-state index contributed by atoms with van der Waals surface area (Å²) in [7, 11) is 0. The van der Waals surface area contributed by atoms with Crippen LogP contribution in [-0.4, -0.2) is 16.8 Å². The van der Waals surface area contributed by atoms with Crippen LogP contribution in [0, 0.1) is 0 Å². The molecule has 0 aliphatic carbocycles. The molecule has 0 radical (unpaired) electrons. The first-order valence-corrected chi connectivity index (χ1v) is 10.1. The van der Waals surface area contributed by atoms with E-state index < -0.39 is 11.7 Å². The first-order valence-electron chi connectivity index (χ1n) is 10.1. The van der Waals surface area contributed by atoms with Gasteiger partial charge in [-0.15, -0.1) is 0 Å². The first-order chi connectivity index (χ1) is 14.6. The van der Waals surface area contributed by atoms with Gasteiger partial charge in [0.1, 0.15) is 6.04 Å². The number of carbonyl (C=O) groups excluding carboxylic acids is 1. The monoisotopic (exact) mass is 400 g/mol. The summed E-state index contributed by atoms with van der Waals surface area (Å²) in [6, 6.07) is 25.4. The van der Waals surface area contributed by atoms with Crippen LogP contribution in [0.25, 0.3) is 0 Å². The van der Waals surface area contributed by atoms with E-state index in [0.717, 1.165) is 16.7 Å². The molecule has 2 atom stereocenters. The molecule has 0 saturated heterocycles. The maximum absolute atomic E-state index is 16.5. The highest BCUT2D eigenvalue weighted by molar-refractivity contribution is 5.84. The van der Waals surface area contributed by atoms with Gasteiger partial charge in [-0.05, 0) is 28.3 Å². The largest absolute Gasteiger partial charge is 0.351 e. The number of nitrogens with zero attached hydrogens (tertiary/aromatic N) is 1. The van der Waals surface area contributed by atoms with Gasteiger partial charge in [0.2, 0.25) is 5.91 Å². The number of alkyl halides is 1. The number of hydrogen-bond donors (Lipinski definition) is 1. The van der Waals surface area contributed by atoms with Gasteiger partial charge < -0.3 is 5.32 Å². The second kappa shape index (κ2) is 8.64. The molecule has 30 heavy (non-hydrogen) atoms. The summed E-state index contributed by atoms with van der Waals surface area (Å²) in [6.45, 7) is 5.16. The van der Waals surface area contributed by atoms with Gasteiger partial charge in [0, 0.05) is 19.6 Å². The van der Waals surface area contributed by atoms with Crippen molar-refractivity contribution in [1.29, 1.82) is 0 Å². The molecule has 0 spiro atoms. The van der Waals surface area contributed by atoms with Crippen LogP contribution < -0.4 is 5.32 Å². The average Bonchev–Trinajstić information content (AvgIpc) is 3.22. The third kappa shape index (κ3) is 3.91. The number of rotatable bonds is 7. The van der Waals surface area contributed by atoms with Crippen LogP contribution in [0.1, 0.15) is 22.3 Å². The van der Waals surface area contributed by atoms with E-state index in [4.69, 9.17) is 0 Å². The van der Waals surface area contributed by atoms with E-state index in [0.29, 0.717) is 25.2 Å². The summed E-state index contributed by atoms with van der Waals surface area (Å²) in [6.07, 6.45) is 1.26. The Kier molecular flexibility index (Phi) is 5.77. The summed E-state index contributed by atoms with van der Waals surface area (Å²) in [5.41, 5.74) is 1.62. The zero-order valence-corrected chi connectivity index (χ0v) is 16.8. The molecule has 1 N–H and O–H groups in total. The fourth-order valence-electron chi connectivity index (χ4n) is 4.13. The fraction of sp³-hybridized carbons (Fsp3) is 0.192. The lowest BCUT2D eigenvalue weighted by Crippen LogP contribution is -2.54. The van der Waals surface area contributed by atoms with Crippen molar-refractivity contribution in [3.05, 3.63) is 120 Å². The zero-order valence-electron chi connectivity index (χ0n) is 16.8. The van der Waals surface area contributed by atoms with E-state index in [1.807, 2.05) is 65.6 Å². The maximum atomic E-state index is 16.5. The molecule has 0 saturated carbocycles. The van der Waals surface area contributed by atoms with Gasteiger partial charge >= 0.3 is 0 Å². The molecule has 0 unspecified atom stereocenters. The number of amides is 1. The Hall–Kier alpha value is -3.24. The maximum Gasteiger partial charge on any atom is 0.241 e. The summed E-state index contributed by atoms with van der Waals surface area (Å²) in [5.74, 6) is -0.349. The Labute approximate surface area is 176 Å². The minimum Gasteiger partial charge on any atom is -0.351 e. The summed E-state index contributed by atoms with van der Waals surface area (Å²) >= 11 is 0. The standard InChI is InChI=1S/C26H25FN2O/c1-2-26(27,23-15-7-4-8-16-23)24(25(30)28-17-20-11-5-3-6-12-20)29-18-21-13-9-10-14-22(21)19-29/h2-16,24H,1,17-19H2,(H,28,30)/t24-,26+/m0/s1. The van der Waals surface area contributed by atoms with Gasteiger partial charge in [0.05, 0.1) is 0 Å². The van der Waals surface area contributed by atoms with Gasteiger partial charge in [-0.2, -0.15) is 0 Å². The van der Waals surface area contributed by atoms with Gasteiger partial charge in [0.15, 0.2) is 5.67 Å². The van der Waals surface area contributed by atoms with E-state index in [9.17, 15) is 4.79 Å². The van der Waals surface area contributed by atoms with E-state index in [2.05, 4.69) is 11.9 Å². The smallest absolute Gasteiger partial charge is 0.241 e. The summed E-state index contributed by atoms with van der Waals surface area (Å²) < 4.78 is 16.5. The van der Waals surface area contributed by atoms with Crippen molar-refractivity contribution in [2.75, 3.05) is 0 Å². The molecule has 4 rings (SSSR count). The van der Waals surface area contributed by atoms with E-state index >= 15 is 4.39 Å². The Morgan fingerprint density at radius 3 is 2.07 bits per heavy atom. The minimum atomic E-state index is -2.02. The summed E-state index contributed by atoms with van der Waals surface area (Å²) in [4.78, 5) is 15.3. The Morgan fingerprint density at radius 1 is 0.967 bits per heavy atom. The lowest BCUT2D eigenvalue weighted by atomic mass is 9.86. The minimum absolute atomic E-state index is 0.346. The van der Waals surface area contributed by atoms with Crippen molar-refractivity contribution in [3.63, 3.8) is 0 Å². The highest BCUT2D eigenvalue weighted by Crippen LogP contribution is 2.38. The highest BCUT2D eigenvalue weighted by Gasteiger charge is 2.47. The van der Waals surface area contributed by atoms with E-state index in [1.165, 1.54) is 6.08 Å². The van der Waals surface area contributed by atoms with Crippen LogP contribution in [-0.2, 0) is 30.1 Å². The van der Waals surface area contributed by atoms with Crippen LogP contribution in [0.2, 0.25) is 0 Å². The first kappa shape index (κ1) is 20.0. The molecule has 0 fully saturated rings. The molecule has 3 nitrogen and oxygen atoms in total. The molecule has 3 aromatic carbocycles. The molecule has 0 bridgehead atoms. The average molecular weight is 400 g/mol. The number of nitrogens with one attached hydrogen (secondary N) is 1. The van der Waals surface area contributed by atoms with Gasteiger partial charge in [-0.25, -0.2) is 4.39 Å².